The first-order valence-electron chi connectivity index (χ1n) is 4.92. The predicted octanol–water partition coefficient (Wildman–Crippen LogP) is -2.49. The molecule has 8 nitrogen and oxygen atoms in total. The summed E-state index contributed by atoms with van der Waals surface area (Å²) in [5.74, 6) is 0.0975. The maximum atomic E-state index is 11.3. The minimum Gasteiger partial charge on any atom is -0.394 e. The van der Waals surface area contributed by atoms with E-state index < -0.39 is 31.1 Å². The van der Waals surface area contributed by atoms with E-state index in [4.69, 9.17) is 20.7 Å². The molecule has 5 N–H and O–H groups in total. The lowest BCUT2D eigenvalue weighted by Crippen LogP contribution is -2.37. The zero-order valence-electron chi connectivity index (χ0n) is 9.06. The number of rotatable bonds is 6. The second-order valence-electron chi connectivity index (χ2n) is 3.37. The average molecular weight is 245 g/mol. The molecule has 1 rings (SSSR count). The van der Waals surface area contributed by atoms with E-state index in [0.29, 0.717) is 0 Å². The molecule has 0 spiro atoms. The summed E-state index contributed by atoms with van der Waals surface area (Å²) in [4.78, 5) is 14.8. The van der Waals surface area contributed by atoms with E-state index in [1.807, 2.05) is 0 Å². The molecule has 96 valence electrons. The van der Waals surface area contributed by atoms with Gasteiger partial charge in [-0.25, -0.2) is 4.79 Å². The van der Waals surface area contributed by atoms with Crippen molar-refractivity contribution in [2.24, 2.45) is 0 Å². The number of nitrogens with zero attached hydrogens (tertiary/aromatic N) is 2. The van der Waals surface area contributed by atoms with Crippen LogP contribution < -0.4 is 11.4 Å². The first-order valence-corrected chi connectivity index (χ1v) is 4.92. The fraction of sp³-hybridized carbons (Fsp3) is 0.556. The van der Waals surface area contributed by atoms with Crippen LogP contribution in [0.3, 0.4) is 0 Å². The minimum absolute atomic E-state index is 0.0975. The van der Waals surface area contributed by atoms with Gasteiger partial charge in [-0.05, 0) is 6.07 Å². The third-order valence-electron chi connectivity index (χ3n) is 2.12. The summed E-state index contributed by atoms with van der Waals surface area (Å²) in [6.07, 6.45) is -0.799. The summed E-state index contributed by atoms with van der Waals surface area (Å²) in [6, 6.07) is 1.42. The largest absolute Gasteiger partial charge is 0.394 e. The topological polar surface area (TPSA) is 131 Å². The first kappa shape index (κ1) is 13.6. The van der Waals surface area contributed by atoms with Crippen LogP contribution in [0.15, 0.2) is 17.1 Å². The highest BCUT2D eigenvalue weighted by Crippen LogP contribution is 2.00. The highest BCUT2D eigenvalue weighted by molar-refractivity contribution is 5.23. The Labute approximate surface area is 96.9 Å². The quantitative estimate of drug-likeness (QED) is 0.436. The van der Waals surface area contributed by atoms with Crippen molar-refractivity contribution in [2.75, 3.05) is 18.9 Å². The molecule has 1 aromatic heterocycles. The van der Waals surface area contributed by atoms with Gasteiger partial charge in [-0.3, -0.25) is 4.57 Å². The standard InChI is InChI=1S/C9H15N3O5/c10-8-1-2-12(9(16)11-8)5-17-7(4-14)6(15)3-13/h1-2,6-7,13-15H,3-5H2,(H2,10,11,16)/t6?,7-/m1/s1. The first-order chi connectivity index (χ1) is 8.08. The van der Waals surface area contributed by atoms with Crippen molar-refractivity contribution in [3.63, 3.8) is 0 Å². The number of ether oxygens (including phenoxy) is 1. The predicted molar refractivity (Wildman–Crippen MR) is 58.0 cm³/mol. The maximum Gasteiger partial charge on any atom is 0.351 e. The van der Waals surface area contributed by atoms with Crippen LogP contribution in [0.2, 0.25) is 0 Å². The van der Waals surface area contributed by atoms with Crippen LogP contribution in [0, 0.1) is 0 Å². The third-order valence-corrected chi connectivity index (χ3v) is 2.12. The monoisotopic (exact) mass is 245 g/mol. The van der Waals surface area contributed by atoms with Crippen LogP contribution in [0.4, 0.5) is 5.82 Å². The number of anilines is 1. The molecule has 0 aliphatic carbocycles. The average Bonchev–Trinajstić information content (AvgIpc) is 2.31. The summed E-state index contributed by atoms with van der Waals surface area (Å²) >= 11 is 0. The molecule has 0 aromatic carbocycles. The molecular formula is C9H15N3O5. The van der Waals surface area contributed by atoms with Gasteiger partial charge in [-0.1, -0.05) is 0 Å². The van der Waals surface area contributed by atoms with Crippen LogP contribution in [-0.2, 0) is 11.5 Å². The number of aliphatic hydroxyl groups excluding tert-OH is 3. The molecule has 0 amide bonds. The van der Waals surface area contributed by atoms with Crippen molar-refractivity contribution in [3.8, 4) is 0 Å². The summed E-state index contributed by atoms with van der Waals surface area (Å²) in [5, 5.41) is 26.8. The van der Waals surface area contributed by atoms with Gasteiger partial charge in [0.2, 0.25) is 0 Å². The van der Waals surface area contributed by atoms with Crippen LogP contribution in [-0.4, -0.2) is 50.3 Å². The van der Waals surface area contributed by atoms with Gasteiger partial charge in [0.25, 0.3) is 0 Å². The Kier molecular flexibility index (Phi) is 5.04. The molecule has 17 heavy (non-hydrogen) atoms. The molecule has 0 saturated carbocycles. The Hall–Kier alpha value is -1.48. The van der Waals surface area contributed by atoms with Crippen molar-refractivity contribution in [3.05, 3.63) is 22.7 Å². The molecule has 0 aliphatic rings. The normalized spacial score (nSPS) is 14.5. The molecule has 1 unspecified atom stereocenters. The highest BCUT2D eigenvalue weighted by Gasteiger charge is 2.18. The van der Waals surface area contributed by atoms with Crippen molar-refractivity contribution in [1.29, 1.82) is 0 Å². The fourth-order valence-electron chi connectivity index (χ4n) is 1.12. The molecule has 0 bridgehead atoms. The lowest BCUT2D eigenvalue weighted by Gasteiger charge is -2.19. The summed E-state index contributed by atoms with van der Waals surface area (Å²) in [7, 11) is 0. The van der Waals surface area contributed by atoms with Crippen LogP contribution in [0.1, 0.15) is 0 Å². The van der Waals surface area contributed by atoms with E-state index >= 15 is 0 Å². The molecule has 2 atom stereocenters. The van der Waals surface area contributed by atoms with E-state index in [1.165, 1.54) is 12.3 Å². The van der Waals surface area contributed by atoms with Gasteiger partial charge in [0.1, 0.15) is 24.8 Å². The van der Waals surface area contributed by atoms with E-state index in [2.05, 4.69) is 4.98 Å². The van der Waals surface area contributed by atoms with Crippen molar-refractivity contribution in [1.82, 2.24) is 9.55 Å². The zero-order chi connectivity index (χ0) is 12.8. The van der Waals surface area contributed by atoms with Gasteiger partial charge in [-0.2, -0.15) is 4.98 Å². The summed E-state index contributed by atoms with van der Waals surface area (Å²) < 4.78 is 6.19. The molecule has 0 saturated heterocycles. The number of nitrogen functional groups attached to an aromatic ring is 1. The minimum atomic E-state index is -1.21. The summed E-state index contributed by atoms with van der Waals surface area (Å²) in [6.45, 7) is -1.21. The van der Waals surface area contributed by atoms with E-state index in [0.717, 1.165) is 4.57 Å². The molecule has 0 aliphatic heterocycles. The van der Waals surface area contributed by atoms with Crippen LogP contribution in [0.5, 0.6) is 0 Å². The molecule has 1 aromatic rings. The van der Waals surface area contributed by atoms with Crippen molar-refractivity contribution >= 4 is 5.82 Å². The number of aromatic nitrogens is 2. The number of hydrogen-bond acceptors (Lipinski definition) is 7. The Bertz CT molecular complexity index is 408. The third kappa shape index (κ3) is 3.79. The van der Waals surface area contributed by atoms with Crippen molar-refractivity contribution < 1.29 is 20.1 Å². The van der Waals surface area contributed by atoms with E-state index in [1.54, 1.807) is 0 Å². The smallest absolute Gasteiger partial charge is 0.351 e. The Balaban J connectivity index is 2.63. The molecule has 1 heterocycles. The summed E-state index contributed by atoms with van der Waals surface area (Å²) in [5.41, 5.74) is 4.70. The molecule has 0 radical (unpaired) electrons. The van der Waals surface area contributed by atoms with Gasteiger partial charge in [0, 0.05) is 6.20 Å². The molecule has 0 fully saturated rings. The van der Waals surface area contributed by atoms with Crippen molar-refractivity contribution in [2.45, 2.75) is 18.9 Å². The lowest BCUT2D eigenvalue weighted by molar-refractivity contribution is -0.101. The van der Waals surface area contributed by atoms with Gasteiger partial charge >= 0.3 is 5.69 Å². The number of aliphatic hydroxyl groups is 3. The Morgan fingerprint density at radius 3 is 2.71 bits per heavy atom. The lowest BCUT2D eigenvalue weighted by atomic mass is 10.2. The maximum absolute atomic E-state index is 11.3. The Morgan fingerprint density at radius 2 is 2.18 bits per heavy atom. The molecular weight excluding hydrogens is 230 g/mol. The van der Waals surface area contributed by atoms with Gasteiger partial charge in [0.15, 0.2) is 0 Å². The zero-order valence-corrected chi connectivity index (χ0v) is 9.06. The second kappa shape index (κ2) is 6.30. The highest BCUT2D eigenvalue weighted by atomic mass is 16.5. The SMILES string of the molecule is Nc1ccn(CO[C@H](CO)C(O)CO)c(=O)n1. The fourth-order valence-corrected chi connectivity index (χ4v) is 1.12. The van der Waals surface area contributed by atoms with Gasteiger partial charge in [0.05, 0.1) is 13.2 Å². The number of nitrogens with two attached hydrogens (primary N) is 1. The van der Waals surface area contributed by atoms with E-state index in [-0.39, 0.29) is 12.5 Å². The Morgan fingerprint density at radius 1 is 1.47 bits per heavy atom. The van der Waals surface area contributed by atoms with Gasteiger partial charge in [-0.15, -0.1) is 0 Å². The van der Waals surface area contributed by atoms with Crippen LogP contribution >= 0.6 is 0 Å². The van der Waals surface area contributed by atoms with Crippen LogP contribution in [0.25, 0.3) is 0 Å². The molecule has 8 heteroatoms. The van der Waals surface area contributed by atoms with Gasteiger partial charge < -0.3 is 25.8 Å². The second-order valence-corrected chi connectivity index (χ2v) is 3.37. The van der Waals surface area contributed by atoms with E-state index in [9.17, 15) is 9.90 Å². The number of hydrogen-bond donors (Lipinski definition) is 4.